The molecular formula is C11H12Br3NO. The molecule has 0 bridgehead atoms. The maximum atomic E-state index is 12.0. The molecule has 0 atom stereocenters. The standard InChI is InChI=1S/C11H12Br3NO/c1-11(6-12,7-13)15-10(16)8-4-2-3-5-9(8)14/h2-5H,6-7H2,1H3,(H,15,16). The Labute approximate surface area is 121 Å². The van der Waals surface area contributed by atoms with Crippen LogP contribution in [0.5, 0.6) is 0 Å². The monoisotopic (exact) mass is 411 g/mol. The summed E-state index contributed by atoms with van der Waals surface area (Å²) < 4.78 is 0.805. The Hall–Kier alpha value is 0.130. The number of carbonyl (C=O) groups excluding carboxylic acids is 1. The largest absolute Gasteiger partial charge is 0.345 e. The van der Waals surface area contributed by atoms with Crippen molar-refractivity contribution in [2.24, 2.45) is 0 Å². The van der Waals surface area contributed by atoms with E-state index in [1.54, 1.807) is 6.07 Å². The smallest absolute Gasteiger partial charge is 0.252 e. The second-order valence-corrected chi connectivity index (χ2v) is 5.74. The van der Waals surface area contributed by atoms with Crippen LogP contribution in [0.15, 0.2) is 28.7 Å². The van der Waals surface area contributed by atoms with E-state index >= 15 is 0 Å². The van der Waals surface area contributed by atoms with Crippen LogP contribution in [0.4, 0.5) is 0 Å². The maximum Gasteiger partial charge on any atom is 0.252 e. The molecule has 1 aromatic rings. The van der Waals surface area contributed by atoms with E-state index in [1.165, 1.54) is 0 Å². The average Bonchev–Trinajstić information content (AvgIpc) is 2.29. The molecule has 1 aromatic carbocycles. The van der Waals surface area contributed by atoms with Crippen molar-refractivity contribution in [1.29, 1.82) is 0 Å². The van der Waals surface area contributed by atoms with Gasteiger partial charge in [0, 0.05) is 15.1 Å². The first kappa shape index (κ1) is 14.2. The Kier molecular flexibility index (Phi) is 5.47. The van der Waals surface area contributed by atoms with Crippen LogP contribution in [-0.2, 0) is 0 Å². The molecule has 2 nitrogen and oxygen atoms in total. The lowest BCUT2D eigenvalue weighted by molar-refractivity contribution is 0.0922. The summed E-state index contributed by atoms with van der Waals surface area (Å²) in [6.07, 6.45) is 0. The van der Waals surface area contributed by atoms with Crippen LogP contribution in [0.2, 0.25) is 0 Å². The fourth-order valence-electron chi connectivity index (χ4n) is 1.09. The van der Waals surface area contributed by atoms with Gasteiger partial charge in [0.05, 0.1) is 11.1 Å². The summed E-state index contributed by atoms with van der Waals surface area (Å²) in [4.78, 5) is 12.0. The van der Waals surface area contributed by atoms with Crippen molar-refractivity contribution in [3.05, 3.63) is 34.3 Å². The molecule has 0 aromatic heterocycles. The number of nitrogens with one attached hydrogen (secondary N) is 1. The van der Waals surface area contributed by atoms with Crippen molar-refractivity contribution in [1.82, 2.24) is 5.32 Å². The summed E-state index contributed by atoms with van der Waals surface area (Å²) in [7, 11) is 0. The third-order valence-electron chi connectivity index (χ3n) is 2.12. The molecule has 0 aliphatic rings. The molecule has 16 heavy (non-hydrogen) atoms. The Bertz CT molecular complexity index is 377. The first-order chi connectivity index (χ1) is 7.52. The number of hydrogen-bond donors (Lipinski definition) is 1. The molecule has 0 heterocycles. The highest BCUT2D eigenvalue weighted by Gasteiger charge is 2.24. The summed E-state index contributed by atoms with van der Waals surface area (Å²) in [5, 5.41) is 4.38. The van der Waals surface area contributed by atoms with Crippen LogP contribution in [-0.4, -0.2) is 22.1 Å². The number of rotatable bonds is 4. The van der Waals surface area contributed by atoms with Crippen molar-refractivity contribution in [2.45, 2.75) is 12.5 Å². The van der Waals surface area contributed by atoms with E-state index in [1.807, 2.05) is 25.1 Å². The van der Waals surface area contributed by atoms with E-state index in [2.05, 4.69) is 53.1 Å². The molecule has 0 spiro atoms. The number of amides is 1. The zero-order chi connectivity index (χ0) is 12.2. The van der Waals surface area contributed by atoms with Crippen molar-refractivity contribution in [2.75, 3.05) is 10.7 Å². The molecule has 88 valence electrons. The predicted molar refractivity (Wildman–Crippen MR) is 77.6 cm³/mol. The third kappa shape index (κ3) is 3.57. The molecule has 0 radical (unpaired) electrons. The summed E-state index contributed by atoms with van der Waals surface area (Å²) in [5.41, 5.74) is 0.363. The number of carbonyl (C=O) groups is 1. The molecule has 0 aliphatic carbocycles. The Morgan fingerprint density at radius 1 is 1.31 bits per heavy atom. The molecule has 0 fully saturated rings. The van der Waals surface area contributed by atoms with Crippen molar-refractivity contribution < 1.29 is 4.79 Å². The second-order valence-electron chi connectivity index (χ2n) is 3.76. The van der Waals surface area contributed by atoms with Crippen LogP contribution in [0.3, 0.4) is 0 Å². The fraction of sp³-hybridized carbons (Fsp3) is 0.364. The van der Waals surface area contributed by atoms with E-state index in [0.29, 0.717) is 16.2 Å². The maximum absolute atomic E-state index is 12.0. The zero-order valence-corrected chi connectivity index (χ0v) is 13.5. The Morgan fingerprint density at radius 3 is 2.38 bits per heavy atom. The Morgan fingerprint density at radius 2 is 1.88 bits per heavy atom. The minimum absolute atomic E-state index is 0.0751. The van der Waals surface area contributed by atoms with Gasteiger partial charge in [-0.15, -0.1) is 0 Å². The highest BCUT2D eigenvalue weighted by atomic mass is 79.9. The molecule has 0 aliphatic heterocycles. The Balaban J connectivity index is 2.84. The molecule has 0 saturated heterocycles. The van der Waals surface area contributed by atoms with Gasteiger partial charge in [-0.25, -0.2) is 0 Å². The highest BCUT2D eigenvalue weighted by Crippen LogP contribution is 2.18. The second kappa shape index (κ2) is 6.17. The van der Waals surface area contributed by atoms with Gasteiger partial charge in [-0.2, -0.15) is 0 Å². The summed E-state index contributed by atoms with van der Waals surface area (Å²) in [5.74, 6) is -0.0751. The number of benzene rings is 1. The average molecular weight is 414 g/mol. The van der Waals surface area contributed by atoms with Gasteiger partial charge in [0.2, 0.25) is 0 Å². The van der Waals surface area contributed by atoms with Crippen LogP contribution in [0.1, 0.15) is 17.3 Å². The fourth-order valence-corrected chi connectivity index (χ4v) is 2.76. The third-order valence-corrected chi connectivity index (χ3v) is 5.29. The SMILES string of the molecule is CC(CBr)(CBr)NC(=O)c1ccccc1Br. The van der Waals surface area contributed by atoms with Crippen LogP contribution >= 0.6 is 47.8 Å². The molecule has 1 amide bonds. The summed E-state index contributed by atoms with van der Waals surface area (Å²) in [6, 6.07) is 7.38. The topological polar surface area (TPSA) is 29.1 Å². The molecule has 0 unspecified atom stereocenters. The van der Waals surface area contributed by atoms with Gasteiger partial charge < -0.3 is 5.32 Å². The van der Waals surface area contributed by atoms with E-state index in [4.69, 9.17) is 0 Å². The molecule has 5 heteroatoms. The van der Waals surface area contributed by atoms with E-state index in [0.717, 1.165) is 4.47 Å². The first-order valence-electron chi connectivity index (χ1n) is 4.71. The lowest BCUT2D eigenvalue weighted by Gasteiger charge is -2.26. The van der Waals surface area contributed by atoms with E-state index < -0.39 is 0 Å². The van der Waals surface area contributed by atoms with Gasteiger partial charge in [0.1, 0.15) is 0 Å². The first-order valence-corrected chi connectivity index (χ1v) is 7.75. The van der Waals surface area contributed by atoms with Gasteiger partial charge in [0.25, 0.3) is 5.91 Å². The lowest BCUT2D eigenvalue weighted by Crippen LogP contribution is -2.49. The summed E-state index contributed by atoms with van der Waals surface area (Å²) >= 11 is 10.2. The van der Waals surface area contributed by atoms with Gasteiger partial charge in [0.15, 0.2) is 0 Å². The van der Waals surface area contributed by atoms with Crippen LogP contribution in [0, 0.1) is 0 Å². The van der Waals surface area contributed by atoms with Crippen molar-refractivity contribution in [3.63, 3.8) is 0 Å². The molecule has 1 N–H and O–H groups in total. The number of hydrogen-bond acceptors (Lipinski definition) is 1. The minimum atomic E-state index is -0.285. The molecule has 1 rings (SSSR count). The van der Waals surface area contributed by atoms with Crippen molar-refractivity contribution in [3.8, 4) is 0 Å². The summed E-state index contributed by atoms with van der Waals surface area (Å²) in [6.45, 7) is 1.98. The lowest BCUT2D eigenvalue weighted by atomic mass is 10.1. The normalized spacial score (nSPS) is 11.2. The van der Waals surface area contributed by atoms with Crippen molar-refractivity contribution >= 4 is 53.7 Å². The van der Waals surface area contributed by atoms with E-state index in [-0.39, 0.29) is 11.4 Å². The molecule has 0 saturated carbocycles. The van der Waals surface area contributed by atoms with E-state index in [9.17, 15) is 4.79 Å². The van der Waals surface area contributed by atoms with Crippen LogP contribution in [0.25, 0.3) is 0 Å². The number of halogens is 3. The van der Waals surface area contributed by atoms with Crippen LogP contribution < -0.4 is 5.32 Å². The highest BCUT2D eigenvalue weighted by molar-refractivity contribution is 9.10. The minimum Gasteiger partial charge on any atom is -0.345 e. The predicted octanol–water partition coefficient (Wildman–Crippen LogP) is 3.73. The quantitative estimate of drug-likeness (QED) is 0.749. The number of alkyl halides is 2. The van der Waals surface area contributed by atoms with Gasteiger partial charge >= 0.3 is 0 Å². The van der Waals surface area contributed by atoms with Gasteiger partial charge in [-0.1, -0.05) is 44.0 Å². The van der Waals surface area contributed by atoms with Gasteiger partial charge in [-0.05, 0) is 35.0 Å². The molecular weight excluding hydrogens is 402 g/mol. The van der Waals surface area contributed by atoms with Gasteiger partial charge in [-0.3, -0.25) is 4.79 Å². The zero-order valence-electron chi connectivity index (χ0n) is 8.77.